The summed E-state index contributed by atoms with van der Waals surface area (Å²) in [6.07, 6.45) is -7.30. The van der Waals surface area contributed by atoms with Gasteiger partial charge < -0.3 is 19.6 Å². The summed E-state index contributed by atoms with van der Waals surface area (Å²) < 4.78 is 52.6. The van der Waals surface area contributed by atoms with Crippen molar-refractivity contribution >= 4 is 39.8 Å². The monoisotopic (exact) mass is 526 g/mol. The van der Waals surface area contributed by atoms with Crippen LogP contribution in [-0.2, 0) is 0 Å². The van der Waals surface area contributed by atoms with Gasteiger partial charge in [-0.25, -0.2) is 14.2 Å². The van der Waals surface area contributed by atoms with E-state index in [-0.39, 0.29) is 43.6 Å². The first-order chi connectivity index (χ1) is 16.5. The number of H-pyrrole nitrogens is 1. The second-order valence-electron chi connectivity index (χ2n) is 7.12. The third kappa shape index (κ3) is 4.49. The first-order valence-corrected chi connectivity index (χ1v) is 10.9. The molecule has 0 bridgehead atoms. The number of methoxy groups -OCH3 is 1. The van der Waals surface area contributed by atoms with Crippen LogP contribution in [0.15, 0.2) is 57.4 Å². The van der Waals surface area contributed by atoms with Gasteiger partial charge in [-0.3, -0.25) is 4.79 Å². The van der Waals surface area contributed by atoms with E-state index in [9.17, 15) is 32.7 Å². The molecule has 182 valence electrons. The zero-order valence-electron chi connectivity index (χ0n) is 17.6. The fraction of sp³-hybridized carbons (Fsp3) is 0.136. The molecule has 1 atom stereocenters. The summed E-state index contributed by atoms with van der Waals surface area (Å²) >= 11 is 6.91. The van der Waals surface area contributed by atoms with Gasteiger partial charge in [-0.05, 0) is 18.2 Å². The molecular weight excluding hydrogens is 513 g/mol. The average molecular weight is 527 g/mol. The molecule has 8 nitrogen and oxygen atoms in total. The number of ether oxygens (including phenoxy) is 2. The number of fused-ring (bicyclic) bond motifs is 1. The van der Waals surface area contributed by atoms with Crippen molar-refractivity contribution in [1.29, 1.82) is 0 Å². The van der Waals surface area contributed by atoms with Crippen LogP contribution >= 0.6 is 22.9 Å². The molecule has 0 amide bonds. The van der Waals surface area contributed by atoms with Crippen LogP contribution in [0.25, 0.3) is 16.6 Å². The molecule has 0 aliphatic rings. The Morgan fingerprint density at radius 1 is 1.20 bits per heavy atom. The number of carboxylic acid groups (broad SMARTS) is 1. The number of para-hydroxylation sites is 1. The minimum atomic E-state index is -4.85. The number of nitrogens with one attached hydrogen (secondary N) is 1. The Balaban J connectivity index is 1.86. The number of thiophene rings is 1. The van der Waals surface area contributed by atoms with E-state index < -0.39 is 29.5 Å². The summed E-state index contributed by atoms with van der Waals surface area (Å²) in [6, 6.07) is 8.73. The summed E-state index contributed by atoms with van der Waals surface area (Å²) in [5.74, 6) is -1.79. The Kier molecular flexibility index (Phi) is 6.34. The Bertz CT molecular complexity index is 1560. The number of aromatic nitrogens is 2. The molecule has 0 aliphatic heterocycles. The number of alkyl halides is 3. The van der Waals surface area contributed by atoms with Crippen LogP contribution in [0, 0.1) is 0 Å². The van der Waals surface area contributed by atoms with E-state index in [2.05, 4.69) is 4.98 Å². The second kappa shape index (κ2) is 9.12. The number of rotatable bonds is 6. The molecule has 0 radical (unpaired) electrons. The number of hydrogen-bond donors (Lipinski definition) is 2. The van der Waals surface area contributed by atoms with Gasteiger partial charge in [0, 0.05) is 17.0 Å². The van der Waals surface area contributed by atoms with Gasteiger partial charge >= 0.3 is 17.8 Å². The Hall–Kier alpha value is -3.77. The van der Waals surface area contributed by atoms with Crippen molar-refractivity contribution in [2.75, 3.05) is 7.11 Å². The van der Waals surface area contributed by atoms with Crippen molar-refractivity contribution in [3.05, 3.63) is 84.1 Å². The summed E-state index contributed by atoms with van der Waals surface area (Å²) in [7, 11) is 1.22. The Morgan fingerprint density at radius 3 is 2.57 bits per heavy atom. The molecule has 4 aromatic rings. The van der Waals surface area contributed by atoms with E-state index >= 15 is 0 Å². The standard InChI is InChI=1S/C22H14ClF3N2O6S/c1-33-15-5-3-2-4-11(15)18(22(24,25)26)34-10-6-7-12(23)14(8-10)28-19(29)16-13(27-21(28)32)9-35-17(16)20(30)31/h2-9,18H,1H3,(H,27,32)(H,30,31). The molecule has 1 unspecified atom stereocenters. The smallest absolute Gasteiger partial charge is 0.429 e. The first kappa shape index (κ1) is 24.4. The van der Waals surface area contributed by atoms with Crippen LogP contribution in [0.1, 0.15) is 21.3 Å². The van der Waals surface area contributed by atoms with E-state index in [1.807, 2.05) is 0 Å². The molecule has 2 heterocycles. The van der Waals surface area contributed by atoms with E-state index in [0.717, 1.165) is 29.5 Å². The highest BCUT2D eigenvalue weighted by molar-refractivity contribution is 7.13. The second-order valence-corrected chi connectivity index (χ2v) is 8.41. The Morgan fingerprint density at radius 2 is 1.91 bits per heavy atom. The van der Waals surface area contributed by atoms with E-state index in [0.29, 0.717) is 4.57 Å². The maximum Gasteiger partial charge on any atom is 0.429 e. The van der Waals surface area contributed by atoms with Gasteiger partial charge in [0.1, 0.15) is 16.4 Å². The third-order valence-electron chi connectivity index (χ3n) is 4.98. The molecule has 0 fully saturated rings. The van der Waals surface area contributed by atoms with Gasteiger partial charge in [0.05, 0.1) is 28.7 Å². The van der Waals surface area contributed by atoms with Crippen molar-refractivity contribution in [1.82, 2.24) is 9.55 Å². The molecule has 0 spiro atoms. The quantitative estimate of drug-likeness (QED) is 0.374. The average Bonchev–Trinajstić information content (AvgIpc) is 3.23. The third-order valence-corrected chi connectivity index (χ3v) is 6.27. The Labute approximate surface area is 202 Å². The number of aromatic carboxylic acids is 1. The van der Waals surface area contributed by atoms with Crippen molar-refractivity contribution in [2.24, 2.45) is 0 Å². The number of aromatic amines is 1. The van der Waals surface area contributed by atoms with Gasteiger partial charge in [-0.1, -0.05) is 29.8 Å². The molecule has 13 heteroatoms. The lowest BCUT2D eigenvalue weighted by Gasteiger charge is -2.24. The number of hydrogen-bond acceptors (Lipinski definition) is 6. The van der Waals surface area contributed by atoms with Crippen LogP contribution in [0.2, 0.25) is 5.02 Å². The number of nitrogens with zero attached hydrogens (tertiary/aromatic N) is 1. The maximum atomic E-state index is 13.9. The predicted octanol–water partition coefficient (Wildman–Crippen LogP) is 4.78. The van der Waals surface area contributed by atoms with Crippen molar-refractivity contribution < 1.29 is 32.5 Å². The molecule has 0 aliphatic carbocycles. The molecule has 4 rings (SSSR count). The molecule has 2 aromatic heterocycles. The zero-order chi connectivity index (χ0) is 25.5. The van der Waals surface area contributed by atoms with Gasteiger partial charge in [0.25, 0.3) is 5.56 Å². The van der Waals surface area contributed by atoms with E-state index in [1.54, 1.807) is 0 Å². The minimum absolute atomic E-state index is 0.00971. The normalized spacial score (nSPS) is 12.5. The van der Waals surface area contributed by atoms with Crippen LogP contribution < -0.4 is 20.7 Å². The van der Waals surface area contributed by atoms with E-state index in [1.165, 1.54) is 36.8 Å². The number of carbonyl (C=O) groups is 1. The molecule has 2 aromatic carbocycles. The summed E-state index contributed by atoms with van der Waals surface area (Å²) in [6.45, 7) is 0. The highest BCUT2D eigenvalue weighted by Crippen LogP contribution is 2.41. The maximum absolute atomic E-state index is 13.9. The van der Waals surface area contributed by atoms with E-state index in [4.69, 9.17) is 21.1 Å². The minimum Gasteiger partial charge on any atom is -0.496 e. The van der Waals surface area contributed by atoms with Crippen LogP contribution in [0.5, 0.6) is 11.5 Å². The van der Waals surface area contributed by atoms with Gasteiger partial charge in [0.15, 0.2) is 0 Å². The first-order valence-electron chi connectivity index (χ1n) is 9.69. The van der Waals surface area contributed by atoms with Crippen LogP contribution in [0.4, 0.5) is 13.2 Å². The van der Waals surface area contributed by atoms with Crippen LogP contribution in [-0.4, -0.2) is 33.9 Å². The lowest BCUT2D eigenvalue weighted by Crippen LogP contribution is -2.34. The van der Waals surface area contributed by atoms with Gasteiger partial charge in [-0.2, -0.15) is 13.2 Å². The van der Waals surface area contributed by atoms with Crippen molar-refractivity contribution in [2.45, 2.75) is 12.3 Å². The number of carboxylic acids is 1. The fourth-order valence-corrected chi connectivity index (χ4v) is 4.51. The summed E-state index contributed by atoms with van der Waals surface area (Å²) in [5.41, 5.74) is -2.54. The largest absolute Gasteiger partial charge is 0.496 e. The summed E-state index contributed by atoms with van der Waals surface area (Å²) in [4.78, 5) is 39.3. The lowest BCUT2D eigenvalue weighted by molar-refractivity contribution is -0.198. The highest BCUT2D eigenvalue weighted by Gasteiger charge is 2.44. The number of benzene rings is 2. The van der Waals surface area contributed by atoms with Gasteiger partial charge in [-0.15, -0.1) is 11.3 Å². The highest BCUT2D eigenvalue weighted by atomic mass is 35.5. The zero-order valence-corrected chi connectivity index (χ0v) is 19.1. The number of halogens is 4. The fourth-order valence-electron chi connectivity index (χ4n) is 3.48. The van der Waals surface area contributed by atoms with Gasteiger partial charge in [0.2, 0.25) is 6.10 Å². The molecule has 35 heavy (non-hydrogen) atoms. The summed E-state index contributed by atoms with van der Waals surface area (Å²) in [5, 5.41) is 10.2. The molecule has 2 N–H and O–H groups in total. The SMILES string of the molecule is COc1ccccc1C(Oc1ccc(Cl)c(-n2c(=O)[nH]c3csc(C(=O)O)c3c2=O)c1)C(F)(F)F. The predicted molar refractivity (Wildman–Crippen MR) is 122 cm³/mol. The van der Waals surface area contributed by atoms with Crippen molar-refractivity contribution in [3.8, 4) is 17.2 Å². The molecule has 0 saturated heterocycles. The molecular formula is C22H14ClF3N2O6S. The topological polar surface area (TPSA) is 111 Å². The van der Waals surface area contributed by atoms with Crippen LogP contribution in [0.3, 0.4) is 0 Å². The van der Waals surface area contributed by atoms with Crippen molar-refractivity contribution in [3.63, 3.8) is 0 Å². The molecule has 0 saturated carbocycles. The lowest BCUT2D eigenvalue weighted by atomic mass is 10.1.